The molecule has 0 spiro atoms. The van der Waals surface area contributed by atoms with E-state index in [1.165, 1.54) is 0 Å². The summed E-state index contributed by atoms with van der Waals surface area (Å²) in [5.41, 5.74) is 9.14. The van der Waals surface area contributed by atoms with Gasteiger partial charge in [-0.05, 0) is 92.8 Å². The zero-order chi connectivity index (χ0) is 30.3. The minimum absolute atomic E-state index is 0.0669. The number of nitrogens with zero attached hydrogens (tertiary/aromatic N) is 3. The summed E-state index contributed by atoms with van der Waals surface area (Å²) in [6.07, 6.45) is 4.15. The monoisotopic (exact) mass is 598 g/mol. The van der Waals surface area contributed by atoms with Gasteiger partial charge in [-0.15, -0.1) is 0 Å². The van der Waals surface area contributed by atoms with Crippen molar-refractivity contribution in [2.24, 2.45) is 5.73 Å². The molecule has 1 saturated heterocycles. The molecule has 3 aromatic carbocycles. The van der Waals surface area contributed by atoms with E-state index in [1.54, 1.807) is 60.7 Å². The lowest BCUT2D eigenvalue weighted by atomic mass is 9.91. The molecule has 0 radical (unpaired) electrons. The van der Waals surface area contributed by atoms with E-state index >= 15 is 0 Å². The summed E-state index contributed by atoms with van der Waals surface area (Å²) in [7, 11) is 0. The van der Waals surface area contributed by atoms with Crippen molar-refractivity contribution >= 4 is 40.7 Å². The summed E-state index contributed by atoms with van der Waals surface area (Å²) in [5, 5.41) is 15.8. The second-order valence-corrected chi connectivity index (χ2v) is 11.5. The Morgan fingerprint density at radius 1 is 0.837 bits per heavy atom. The minimum atomic E-state index is -0.350. The first-order valence-electron chi connectivity index (χ1n) is 14.6. The van der Waals surface area contributed by atoms with Gasteiger partial charge in [-0.2, -0.15) is 5.26 Å². The molecule has 1 saturated carbocycles. The first kappa shape index (κ1) is 30.1. The molecule has 0 atom stereocenters. The van der Waals surface area contributed by atoms with Crippen molar-refractivity contribution in [3.63, 3.8) is 0 Å². The van der Waals surface area contributed by atoms with Gasteiger partial charge in [-0.3, -0.25) is 14.4 Å². The maximum Gasteiger partial charge on any atom is 0.255 e. The molecule has 0 unspecified atom stereocenters. The third-order valence-corrected chi connectivity index (χ3v) is 8.32. The molecule has 5 rings (SSSR count). The Kier molecular flexibility index (Phi) is 9.60. The highest BCUT2D eigenvalue weighted by atomic mass is 35.5. The van der Waals surface area contributed by atoms with E-state index in [2.05, 4.69) is 21.6 Å². The summed E-state index contributed by atoms with van der Waals surface area (Å²) in [4.78, 5) is 43.7. The van der Waals surface area contributed by atoms with Crippen molar-refractivity contribution in [3.8, 4) is 6.07 Å². The number of nitrogens with two attached hydrogens (primary N) is 1. The molecular formula is C33H35ClN6O3. The van der Waals surface area contributed by atoms with Gasteiger partial charge in [-0.1, -0.05) is 17.7 Å². The first-order valence-corrected chi connectivity index (χ1v) is 15.0. The molecule has 3 aromatic rings. The number of nitrogens with one attached hydrogen (secondary N) is 2. The van der Waals surface area contributed by atoms with Crippen molar-refractivity contribution in [2.45, 2.75) is 44.2 Å². The van der Waals surface area contributed by atoms with Crippen molar-refractivity contribution in [1.29, 1.82) is 5.26 Å². The molecule has 3 amide bonds. The average molecular weight is 599 g/mol. The molecule has 0 bridgehead atoms. The predicted octanol–water partition coefficient (Wildman–Crippen LogP) is 4.82. The summed E-state index contributed by atoms with van der Waals surface area (Å²) in [5.74, 6) is -0.624. The third kappa shape index (κ3) is 7.53. The van der Waals surface area contributed by atoms with Crippen LogP contribution in [0.1, 0.15) is 68.7 Å². The van der Waals surface area contributed by atoms with E-state index in [9.17, 15) is 14.4 Å². The van der Waals surface area contributed by atoms with Gasteiger partial charge in [0.1, 0.15) is 0 Å². The Bertz CT molecular complexity index is 1530. The molecule has 222 valence electrons. The summed E-state index contributed by atoms with van der Waals surface area (Å²) < 4.78 is 0. The van der Waals surface area contributed by atoms with E-state index < -0.39 is 0 Å². The highest BCUT2D eigenvalue weighted by Gasteiger charge is 2.25. The molecule has 2 aliphatic rings. The molecule has 1 heterocycles. The van der Waals surface area contributed by atoms with E-state index in [-0.39, 0.29) is 29.8 Å². The summed E-state index contributed by atoms with van der Waals surface area (Å²) in [6, 6.07) is 21.0. The largest absolute Gasteiger partial charge is 0.368 e. The third-order valence-electron chi connectivity index (χ3n) is 8.09. The number of rotatable bonds is 6. The fraction of sp³-hybridized carbons (Fsp3) is 0.333. The lowest BCUT2D eigenvalue weighted by Crippen LogP contribution is -2.40. The van der Waals surface area contributed by atoms with Gasteiger partial charge >= 0.3 is 0 Å². The van der Waals surface area contributed by atoms with E-state index in [1.807, 2.05) is 11.0 Å². The fourth-order valence-corrected chi connectivity index (χ4v) is 5.83. The second-order valence-electron chi connectivity index (χ2n) is 11.1. The zero-order valence-corrected chi connectivity index (χ0v) is 24.6. The Morgan fingerprint density at radius 3 is 2.30 bits per heavy atom. The first-order chi connectivity index (χ1) is 20.8. The van der Waals surface area contributed by atoms with Crippen LogP contribution in [-0.4, -0.2) is 60.9 Å². The molecule has 0 aromatic heterocycles. The molecule has 1 aliphatic carbocycles. The SMILES string of the molecule is N#Cc1ccc(C(=O)Nc2cc(C(=O)NC3CCC(N)CC3)ccc2N2CCCN(C(=O)c3cccc(Cl)c3)CC2)cc1. The number of halogens is 1. The average Bonchev–Trinajstić information content (AvgIpc) is 3.28. The van der Waals surface area contributed by atoms with Crippen molar-refractivity contribution < 1.29 is 14.4 Å². The van der Waals surface area contributed by atoms with Gasteiger partial charge in [-0.25, -0.2) is 0 Å². The van der Waals surface area contributed by atoms with E-state index in [0.29, 0.717) is 59.1 Å². The van der Waals surface area contributed by atoms with Crippen LogP contribution in [0.15, 0.2) is 66.7 Å². The maximum atomic E-state index is 13.3. The Balaban J connectivity index is 1.37. The van der Waals surface area contributed by atoms with Gasteiger partial charge in [0.05, 0.1) is 23.0 Å². The zero-order valence-electron chi connectivity index (χ0n) is 23.9. The van der Waals surface area contributed by atoms with Crippen LogP contribution in [0.4, 0.5) is 11.4 Å². The van der Waals surface area contributed by atoms with Crippen LogP contribution in [0.25, 0.3) is 0 Å². The number of anilines is 2. The van der Waals surface area contributed by atoms with E-state index in [4.69, 9.17) is 22.6 Å². The number of benzene rings is 3. The topological polar surface area (TPSA) is 132 Å². The van der Waals surface area contributed by atoms with Gasteiger partial charge < -0.3 is 26.2 Å². The van der Waals surface area contributed by atoms with Crippen molar-refractivity contribution in [2.75, 3.05) is 36.4 Å². The second kappa shape index (κ2) is 13.7. The molecule has 10 heteroatoms. The number of hydrogen-bond donors (Lipinski definition) is 3. The van der Waals surface area contributed by atoms with Gasteiger partial charge in [0.25, 0.3) is 17.7 Å². The van der Waals surface area contributed by atoms with Crippen LogP contribution in [0.2, 0.25) is 5.02 Å². The Labute approximate surface area is 256 Å². The van der Waals surface area contributed by atoms with Crippen LogP contribution >= 0.6 is 11.6 Å². The summed E-state index contributed by atoms with van der Waals surface area (Å²) in [6.45, 7) is 2.27. The normalized spacial score (nSPS) is 18.7. The molecular weight excluding hydrogens is 564 g/mol. The number of carbonyl (C=O) groups is 3. The number of hydrogen-bond acceptors (Lipinski definition) is 6. The molecule has 1 aliphatic heterocycles. The number of carbonyl (C=O) groups excluding carboxylic acids is 3. The van der Waals surface area contributed by atoms with Gasteiger partial charge in [0, 0.05) is 60.0 Å². The fourth-order valence-electron chi connectivity index (χ4n) is 5.64. The minimum Gasteiger partial charge on any atom is -0.368 e. The number of amides is 3. The lowest BCUT2D eigenvalue weighted by molar-refractivity contribution is 0.0766. The Hall–Kier alpha value is -4.39. The standard InChI is InChI=1S/C33H35ClN6O3/c34-26-4-1-3-25(19-26)33(43)40-16-2-15-39(17-18-40)30-14-9-24(32(42)37-28-12-10-27(36)11-13-28)20-29(30)38-31(41)23-7-5-22(21-35)6-8-23/h1,3-9,14,19-20,27-28H,2,10-13,15-18,36H2,(H,37,42)(H,38,41). The van der Waals surface area contributed by atoms with Crippen LogP contribution in [0, 0.1) is 11.3 Å². The van der Waals surface area contributed by atoms with Crippen LogP contribution in [0.5, 0.6) is 0 Å². The van der Waals surface area contributed by atoms with Crippen LogP contribution < -0.4 is 21.3 Å². The molecule has 43 heavy (non-hydrogen) atoms. The molecule has 4 N–H and O–H groups in total. The van der Waals surface area contributed by atoms with E-state index in [0.717, 1.165) is 37.8 Å². The van der Waals surface area contributed by atoms with Crippen LogP contribution in [-0.2, 0) is 0 Å². The lowest BCUT2D eigenvalue weighted by Gasteiger charge is -2.28. The number of nitriles is 1. The smallest absolute Gasteiger partial charge is 0.255 e. The predicted molar refractivity (Wildman–Crippen MR) is 167 cm³/mol. The van der Waals surface area contributed by atoms with Gasteiger partial charge in [0.2, 0.25) is 0 Å². The molecule has 2 fully saturated rings. The van der Waals surface area contributed by atoms with Crippen molar-refractivity contribution in [1.82, 2.24) is 10.2 Å². The maximum absolute atomic E-state index is 13.3. The summed E-state index contributed by atoms with van der Waals surface area (Å²) >= 11 is 6.12. The quantitative estimate of drug-likeness (QED) is 0.373. The van der Waals surface area contributed by atoms with Crippen molar-refractivity contribution in [3.05, 3.63) is 94.0 Å². The van der Waals surface area contributed by atoms with Gasteiger partial charge in [0.15, 0.2) is 0 Å². The Morgan fingerprint density at radius 2 is 1.58 bits per heavy atom. The van der Waals surface area contributed by atoms with Crippen LogP contribution in [0.3, 0.4) is 0 Å². The molecule has 9 nitrogen and oxygen atoms in total. The highest BCUT2D eigenvalue weighted by molar-refractivity contribution is 6.31. The highest BCUT2D eigenvalue weighted by Crippen LogP contribution is 2.30.